The van der Waals surface area contributed by atoms with Crippen LogP contribution in [0.4, 0.5) is 4.79 Å². The summed E-state index contributed by atoms with van der Waals surface area (Å²) in [4.78, 5) is 23.1. The minimum atomic E-state index is -0.579. The zero-order valence-corrected chi connectivity index (χ0v) is 13.6. The van der Waals surface area contributed by atoms with Crippen molar-refractivity contribution in [3.8, 4) is 11.8 Å². The summed E-state index contributed by atoms with van der Waals surface area (Å²) in [5.41, 5.74) is -0.0130. The summed E-state index contributed by atoms with van der Waals surface area (Å²) in [7, 11) is 1.26. The van der Waals surface area contributed by atoms with Crippen molar-refractivity contribution in [3.05, 3.63) is 29.3 Å². The SMILES string of the molecule is COC(=O)c1ccc(C#N)cc1OCCNC(=O)OC(C)(C)C. The van der Waals surface area contributed by atoms with Crippen LogP contribution in [-0.2, 0) is 9.47 Å². The second-order valence-corrected chi connectivity index (χ2v) is 5.59. The van der Waals surface area contributed by atoms with Crippen LogP contribution in [0.1, 0.15) is 36.7 Å². The Bertz CT molecular complexity index is 614. The van der Waals surface area contributed by atoms with Gasteiger partial charge in [0, 0.05) is 0 Å². The van der Waals surface area contributed by atoms with Gasteiger partial charge in [0.15, 0.2) is 0 Å². The molecule has 1 rings (SSSR count). The number of hydrogen-bond donors (Lipinski definition) is 1. The van der Waals surface area contributed by atoms with Gasteiger partial charge in [0.25, 0.3) is 0 Å². The molecule has 7 nitrogen and oxygen atoms in total. The monoisotopic (exact) mass is 320 g/mol. The number of alkyl carbamates (subject to hydrolysis) is 1. The highest BCUT2D eigenvalue weighted by Gasteiger charge is 2.16. The van der Waals surface area contributed by atoms with Gasteiger partial charge in [-0.25, -0.2) is 9.59 Å². The Morgan fingerprint density at radius 3 is 2.57 bits per heavy atom. The van der Waals surface area contributed by atoms with E-state index in [1.807, 2.05) is 6.07 Å². The largest absolute Gasteiger partial charge is 0.491 e. The van der Waals surface area contributed by atoms with E-state index in [-0.39, 0.29) is 24.5 Å². The van der Waals surface area contributed by atoms with E-state index >= 15 is 0 Å². The van der Waals surface area contributed by atoms with E-state index in [1.54, 1.807) is 20.8 Å². The maximum absolute atomic E-state index is 11.7. The van der Waals surface area contributed by atoms with Gasteiger partial charge in [-0.15, -0.1) is 0 Å². The third kappa shape index (κ3) is 6.26. The number of hydrogen-bond acceptors (Lipinski definition) is 6. The minimum Gasteiger partial charge on any atom is -0.491 e. The zero-order chi connectivity index (χ0) is 17.5. The molecule has 1 aromatic rings. The lowest BCUT2D eigenvalue weighted by atomic mass is 10.1. The molecule has 1 aromatic carbocycles. The molecule has 0 aliphatic heterocycles. The molecule has 0 saturated carbocycles. The summed E-state index contributed by atoms with van der Waals surface area (Å²) in [5.74, 6) is -0.341. The number of ether oxygens (including phenoxy) is 3. The van der Waals surface area contributed by atoms with Gasteiger partial charge in [0.2, 0.25) is 0 Å². The third-order valence-electron chi connectivity index (χ3n) is 2.54. The molecule has 0 spiro atoms. The third-order valence-corrected chi connectivity index (χ3v) is 2.54. The molecule has 0 aliphatic rings. The predicted octanol–water partition coefficient (Wildman–Crippen LogP) is 2.25. The summed E-state index contributed by atoms with van der Waals surface area (Å²) in [6.07, 6.45) is -0.555. The Kier molecular flexibility index (Phi) is 6.39. The topological polar surface area (TPSA) is 97.7 Å². The number of amides is 1. The van der Waals surface area contributed by atoms with E-state index in [2.05, 4.69) is 10.1 Å². The molecule has 1 N–H and O–H groups in total. The molecule has 0 heterocycles. The van der Waals surface area contributed by atoms with E-state index in [0.717, 1.165) is 0 Å². The fourth-order valence-electron chi connectivity index (χ4n) is 1.62. The summed E-state index contributed by atoms with van der Waals surface area (Å²) >= 11 is 0. The van der Waals surface area contributed by atoms with Crippen molar-refractivity contribution in [2.75, 3.05) is 20.3 Å². The van der Waals surface area contributed by atoms with Crippen LogP contribution in [0.5, 0.6) is 5.75 Å². The maximum Gasteiger partial charge on any atom is 0.407 e. The van der Waals surface area contributed by atoms with Crippen LogP contribution in [-0.4, -0.2) is 37.9 Å². The molecule has 0 unspecified atom stereocenters. The van der Waals surface area contributed by atoms with Gasteiger partial charge < -0.3 is 19.5 Å². The second kappa shape index (κ2) is 8.03. The minimum absolute atomic E-state index is 0.109. The smallest absolute Gasteiger partial charge is 0.407 e. The molecule has 1 amide bonds. The fraction of sp³-hybridized carbons (Fsp3) is 0.438. The summed E-state index contributed by atoms with van der Waals surface area (Å²) < 4.78 is 15.2. The summed E-state index contributed by atoms with van der Waals surface area (Å²) in [6, 6.07) is 6.37. The molecule has 0 atom stereocenters. The number of esters is 1. The Morgan fingerprint density at radius 2 is 2.00 bits per heavy atom. The predicted molar refractivity (Wildman–Crippen MR) is 82.2 cm³/mol. The first-order valence-corrected chi connectivity index (χ1v) is 6.99. The molecular formula is C16H20N2O5. The maximum atomic E-state index is 11.7. The first kappa shape index (κ1) is 18.3. The number of carbonyl (C=O) groups excluding carboxylic acids is 2. The number of nitriles is 1. The average Bonchev–Trinajstić information content (AvgIpc) is 2.48. The van der Waals surface area contributed by atoms with E-state index in [0.29, 0.717) is 5.56 Å². The van der Waals surface area contributed by atoms with Gasteiger partial charge in [-0.2, -0.15) is 5.26 Å². The Morgan fingerprint density at radius 1 is 1.30 bits per heavy atom. The molecule has 0 radical (unpaired) electrons. The van der Waals surface area contributed by atoms with E-state index in [9.17, 15) is 9.59 Å². The van der Waals surface area contributed by atoms with Crippen LogP contribution >= 0.6 is 0 Å². The second-order valence-electron chi connectivity index (χ2n) is 5.59. The van der Waals surface area contributed by atoms with Crippen molar-refractivity contribution < 1.29 is 23.8 Å². The highest BCUT2D eigenvalue weighted by atomic mass is 16.6. The van der Waals surface area contributed by atoms with Crippen molar-refractivity contribution in [2.24, 2.45) is 0 Å². The van der Waals surface area contributed by atoms with Crippen LogP contribution in [0.15, 0.2) is 18.2 Å². The molecule has 0 fully saturated rings. The van der Waals surface area contributed by atoms with Crippen LogP contribution in [0, 0.1) is 11.3 Å². The normalized spacial score (nSPS) is 10.4. The molecule has 124 valence electrons. The lowest BCUT2D eigenvalue weighted by Gasteiger charge is -2.19. The number of carbonyl (C=O) groups is 2. The Hall–Kier alpha value is -2.75. The zero-order valence-electron chi connectivity index (χ0n) is 13.6. The number of nitrogens with one attached hydrogen (secondary N) is 1. The van der Waals surface area contributed by atoms with Crippen molar-refractivity contribution >= 4 is 12.1 Å². The van der Waals surface area contributed by atoms with Gasteiger partial charge in [-0.1, -0.05) is 0 Å². The molecule has 0 bridgehead atoms. The first-order chi connectivity index (χ1) is 10.8. The van der Waals surface area contributed by atoms with Gasteiger partial charge in [0.05, 0.1) is 25.3 Å². The number of rotatable bonds is 5. The highest BCUT2D eigenvalue weighted by molar-refractivity contribution is 5.92. The molecule has 0 aromatic heterocycles. The summed E-state index contributed by atoms with van der Waals surface area (Å²) in [5, 5.41) is 11.4. The molecule has 23 heavy (non-hydrogen) atoms. The van der Waals surface area contributed by atoms with E-state index in [1.165, 1.54) is 25.3 Å². The van der Waals surface area contributed by atoms with E-state index < -0.39 is 17.7 Å². The quantitative estimate of drug-likeness (QED) is 0.660. The molecule has 0 saturated heterocycles. The van der Waals surface area contributed by atoms with Gasteiger partial charge in [-0.3, -0.25) is 0 Å². The van der Waals surface area contributed by atoms with Gasteiger partial charge >= 0.3 is 12.1 Å². The highest BCUT2D eigenvalue weighted by Crippen LogP contribution is 2.21. The van der Waals surface area contributed by atoms with Crippen molar-refractivity contribution in [2.45, 2.75) is 26.4 Å². The number of methoxy groups -OCH3 is 1. The van der Waals surface area contributed by atoms with Crippen molar-refractivity contribution in [1.29, 1.82) is 5.26 Å². The Labute approximate surface area is 135 Å². The van der Waals surface area contributed by atoms with Gasteiger partial charge in [-0.05, 0) is 39.0 Å². The van der Waals surface area contributed by atoms with Gasteiger partial charge in [0.1, 0.15) is 23.5 Å². The average molecular weight is 320 g/mol. The standard InChI is InChI=1S/C16H20N2O5/c1-16(2,3)23-15(20)18-7-8-22-13-9-11(10-17)5-6-12(13)14(19)21-4/h5-6,9H,7-8H2,1-4H3,(H,18,20). The van der Waals surface area contributed by atoms with Crippen LogP contribution < -0.4 is 10.1 Å². The van der Waals surface area contributed by atoms with Crippen LogP contribution in [0.25, 0.3) is 0 Å². The van der Waals surface area contributed by atoms with E-state index in [4.69, 9.17) is 14.7 Å². The van der Waals surface area contributed by atoms with Crippen LogP contribution in [0.3, 0.4) is 0 Å². The lowest BCUT2D eigenvalue weighted by molar-refractivity contribution is 0.0516. The van der Waals surface area contributed by atoms with Crippen molar-refractivity contribution in [3.63, 3.8) is 0 Å². The fourth-order valence-corrected chi connectivity index (χ4v) is 1.62. The van der Waals surface area contributed by atoms with Crippen molar-refractivity contribution in [1.82, 2.24) is 5.32 Å². The molecule has 7 heteroatoms. The first-order valence-electron chi connectivity index (χ1n) is 6.99. The lowest BCUT2D eigenvalue weighted by Crippen LogP contribution is -2.34. The number of nitrogens with zero attached hydrogens (tertiary/aromatic N) is 1. The Balaban J connectivity index is 2.62. The number of benzene rings is 1. The van der Waals surface area contributed by atoms with Crippen LogP contribution in [0.2, 0.25) is 0 Å². The molecule has 0 aliphatic carbocycles. The molecular weight excluding hydrogens is 300 g/mol. The summed E-state index contributed by atoms with van der Waals surface area (Å²) in [6.45, 7) is 5.59.